The van der Waals surface area contributed by atoms with Crippen molar-refractivity contribution in [3.05, 3.63) is 75.7 Å². The van der Waals surface area contributed by atoms with Gasteiger partial charge in [-0.05, 0) is 55.0 Å². The highest BCUT2D eigenvalue weighted by Crippen LogP contribution is 2.54. The van der Waals surface area contributed by atoms with Gasteiger partial charge in [0.25, 0.3) is 11.5 Å². The van der Waals surface area contributed by atoms with Crippen molar-refractivity contribution >= 4 is 29.2 Å². The maximum Gasteiger partial charge on any atom is 0.276 e. The van der Waals surface area contributed by atoms with E-state index in [0.717, 1.165) is 56.8 Å². The Morgan fingerprint density at radius 3 is 2.47 bits per heavy atom. The summed E-state index contributed by atoms with van der Waals surface area (Å²) in [5.74, 6) is -2.63. The standard InChI is InChI=1S/C24H22F2N6O2/c25-15-2-1-3-16(26)22(15)32-20(33)7-6-19(30-32)23(34)29-18-5-4-17(28)14(12-27)21(18)31-11-10-24(13-31)8-9-24/h1-7,12,27H,8-11,13,28H2,(H,29,34). The van der Waals surface area contributed by atoms with E-state index in [0.29, 0.717) is 32.7 Å². The Labute approximate surface area is 193 Å². The lowest BCUT2D eigenvalue weighted by molar-refractivity contribution is 0.102. The third kappa shape index (κ3) is 3.70. The summed E-state index contributed by atoms with van der Waals surface area (Å²) >= 11 is 0. The highest BCUT2D eigenvalue weighted by atomic mass is 19.1. The van der Waals surface area contributed by atoms with Crippen LogP contribution in [0.15, 0.2) is 47.3 Å². The van der Waals surface area contributed by atoms with Crippen LogP contribution in [-0.4, -0.2) is 35.0 Å². The maximum absolute atomic E-state index is 14.2. The van der Waals surface area contributed by atoms with Gasteiger partial charge in [0.15, 0.2) is 11.6 Å². The van der Waals surface area contributed by atoms with Gasteiger partial charge in [-0.2, -0.15) is 9.78 Å². The van der Waals surface area contributed by atoms with Crippen molar-refractivity contribution in [1.82, 2.24) is 9.78 Å². The van der Waals surface area contributed by atoms with Gasteiger partial charge >= 0.3 is 0 Å². The molecule has 2 heterocycles. The molecule has 174 valence electrons. The molecular formula is C24H22F2N6O2. The third-order valence-corrected chi connectivity index (χ3v) is 6.54. The highest BCUT2D eigenvalue weighted by molar-refractivity contribution is 6.07. The van der Waals surface area contributed by atoms with E-state index < -0.39 is 28.8 Å². The van der Waals surface area contributed by atoms with Crippen molar-refractivity contribution in [2.45, 2.75) is 19.3 Å². The molecule has 0 bridgehead atoms. The lowest BCUT2D eigenvalue weighted by Crippen LogP contribution is -2.27. The summed E-state index contributed by atoms with van der Waals surface area (Å²) in [6, 6.07) is 8.65. The normalized spacial score (nSPS) is 16.0. The number of nitrogens with zero attached hydrogens (tertiary/aromatic N) is 3. The Morgan fingerprint density at radius 1 is 1.09 bits per heavy atom. The van der Waals surface area contributed by atoms with Crippen molar-refractivity contribution in [1.29, 1.82) is 5.41 Å². The molecule has 2 fully saturated rings. The van der Waals surface area contributed by atoms with Crippen molar-refractivity contribution in [2.24, 2.45) is 5.41 Å². The van der Waals surface area contributed by atoms with Gasteiger partial charge in [0.2, 0.25) is 0 Å². The number of nitrogens with two attached hydrogens (primary N) is 1. The molecule has 3 aromatic rings. The molecule has 0 unspecified atom stereocenters. The molecule has 4 N–H and O–H groups in total. The SMILES string of the molecule is N=Cc1c(N)ccc(NC(=O)c2ccc(=O)n(-c3c(F)cccc3F)n2)c1N1CCC2(CC2)C1. The maximum atomic E-state index is 14.2. The zero-order chi connectivity index (χ0) is 24.0. The number of rotatable bonds is 5. The molecule has 34 heavy (non-hydrogen) atoms. The fourth-order valence-electron chi connectivity index (χ4n) is 4.50. The van der Waals surface area contributed by atoms with E-state index in [1.54, 1.807) is 12.1 Å². The van der Waals surface area contributed by atoms with E-state index in [1.807, 2.05) is 0 Å². The van der Waals surface area contributed by atoms with Crippen molar-refractivity contribution in [2.75, 3.05) is 29.0 Å². The van der Waals surface area contributed by atoms with E-state index in [1.165, 1.54) is 12.1 Å². The predicted molar refractivity (Wildman–Crippen MR) is 125 cm³/mol. The minimum absolute atomic E-state index is 0.207. The lowest BCUT2D eigenvalue weighted by Gasteiger charge is -2.25. The molecular weight excluding hydrogens is 442 g/mol. The molecule has 0 atom stereocenters. The first-order chi connectivity index (χ1) is 16.3. The highest BCUT2D eigenvalue weighted by Gasteiger charge is 2.48. The van der Waals surface area contributed by atoms with Gasteiger partial charge in [0, 0.05) is 36.6 Å². The summed E-state index contributed by atoms with van der Waals surface area (Å²) in [6.07, 6.45) is 4.52. The fourth-order valence-corrected chi connectivity index (χ4v) is 4.50. The molecule has 1 saturated heterocycles. The van der Waals surface area contributed by atoms with Gasteiger partial charge in [-0.1, -0.05) is 6.07 Å². The van der Waals surface area contributed by atoms with Crippen LogP contribution in [0.4, 0.5) is 25.8 Å². The Kier molecular flexibility index (Phi) is 5.15. The summed E-state index contributed by atoms with van der Waals surface area (Å²) in [5.41, 5.74) is 6.77. The van der Waals surface area contributed by atoms with Crippen LogP contribution in [0.3, 0.4) is 0 Å². The summed E-state index contributed by atoms with van der Waals surface area (Å²) in [5, 5.41) is 14.6. The molecule has 0 radical (unpaired) electrons. The summed E-state index contributed by atoms with van der Waals surface area (Å²) in [7, 11) is 0. The van der Waals surface area contributed by atoms with E-state index in [-0.39, 0.29) is 5.69 Å². The number of carbonyl (C=O) groups is 1. The Hall–Kier alpha value is -4.08. The number of aromatic nitrogens is 2. The molecule has 5 rings (SSSR count). The van der Waals surface area contributed by atoms with E-state index in [2.05, 4.69) is 15.3 Å². The number of nitrogen functional groups attached to an aromatic ring is 1. The lowest BCUT2D eigenvalue weighted by atomic mass is 10.1. The Bertz CT molecular complexity index is 1360. The number of para-hydroxylation sites is 1. The minimum Gasteiger partial charge on any atom is -0.398 e. The molecule has 1 spiro atoms. The average Bonchev–Trinajstić information content (AvgIpc) is 3.44. The van der Waals surface area contributed by atoms with Crippen LogP contribution in [0, 0.1) is 22.5 Å². The van der Waals surface area contributed by atoms with E-state index in [9.17, 15) is 18.4 Å². The average molecular weight is 464 g/mol. The van der Waals surface area contributed by atoms with Gasteiger partial charge in [0.05, 0.1) is 11.4 Å². The fraction of sp³-hybridized carbons (Fsp3) is 0.250. The summed E-state index contributed by atoms with van der Waals surface area (Å²) in [4.78, 5) is 27.5. The zero-order valence-corrected chi connectivity index (χ0v) is 18.1. The molecule has 1 aromatic heterocycles. The molecule has 2 aliphatic rings. The zero-order valence-electron chi connectivity index (χ0n) is 18.1. The molecule has 1 aliphatic heterocycles. The largest absolute Gasteiger partial charge is 0.398 e. The van der Waals surface area contributed by atoms with Gasteiger partial charge < -0.3 is 21.4 Å². The van der Waals surface area contributed by atoms with Crippen molar-refractivity contribution in [3.8, 4) is 5.69 Å². The van der Waals surface area contributed by atoms with Gasteiger partial charge in [-0.15, -0.1) is 0 Å². The summed E-state index contributed by atoms with van der Waals surface area (Å²) < 4.78 is 29.0. The number of nitrogens with one attached hydrogen (secondary N) is 2. The molecule has 10 heteroatoms. The van der Waals surface area contributed by atoms with Gasteiger partial charge in [-0.3, -0.25) is 9.59 Å². The van der Waals surface area contributed by atoms with Gasteiger partial charge in [-0.25, -0.2) is 8.78 Å². The first kappa shape index (κ1) is 21.7. The smallest absolute Gasteiger partial charge is 0.276 e. The van der Waals surface area contributed by atoms with Crippen LogP contribution in [-0.2, 0) is 0 Å². The van der Waals surface area contributed by atoms with Crippen LogP contribution in [0.2, 0.25) is 0 Å². The first-order valence-electron chi connectivity index (χ1n) is 10.9. The first-order valence-corrected chi connectivity index (χ1v) is 10.9. The minimum atomic E-state index is -0.980. The van der Waals surface area contributed by atoms with Crippen molar-refractivity contribution in [3.63, 3.8) is 0 Å². The predicted octanol–water partition coefficient (Wildman–Crippen LogP) is 3.33. The molecule has 1 aliphatic carbocycles. The Balaban J connectivity index is 1.51. The molecule has 2 aromatic carbocycles. The number of benzene rings is 2. The number of halogens is 2. The second kappa shape index (κ2) is 8.05. The second-order valence-electron chi connectivity index (χ2n) is 8.77. The van der Waals surface area contributed by atoms with Crippen LogP contribution in [0.1, 0.15) is 35.3 Å². The topological polar surface area (TPSA) is 117 Å². The number of hydrogen-bond acceptors (Lipinski definition) is 6. The van der Waals surface area contributed by atoms with E-state index >= 15 is 0 Å². The number of amides is 1. The molecule has 1 saturated carbocycles. The van der Waals surface area contributed by atoms with Crippen LogP contribution in [0.25, 0.3) is 5.69 Å². The Morgan fingerprint density at radius 2 is 1.82 bits per heavy atom. The second-order valence-corrected chi connectivity index (χ2v) is 8.77. The van der Waals surface area contributed by atoms with Crippen molar-refractivity contribution < 1.29 is 13.6 Å². The number of hydrogen-bond donors (Lipinski definition) is 3. The monoisotopic (exact) mass is 464 g/mol. The molecule has 8 nitrogen and oxygen atoms in total. The number of anilines is 3. The third-order valence-electron chi connectivity index (χ3n) is 6.54. The summed E-state index contributed by atoms with van der Waals surface area (Å²) in [6.45, 7) is 1.60. The van der Waals surface area contributed by atoms with Crippen LogP contribution in [0.5, 0.6) is 0 Å². The van der Waals surface area contributed by atoms with E-state index in [4.69, 9.17) is 11.1 Å². The number of carbonyl (C=O) groups excluding carboxylic acids is 1. The van der Waals surface area contributed by atoms with Gasteiger partial charge in [0.1, 0.15) is 11.4 Å². The van der Waals surface area contributed by atoms with Crippen LogP contribution >= 0.6 is 0 Å². The van der Waals surface area contributed by atoms with Crippen LogP contribution < -0.4 is 21.5 Å². The molecule has 1 amide bonds. The quantitative estimate of drug-likeness (QED) is 0.396.